The average molecular weight is 268 g/mol. The van der Waals surface area contributed by atoms with Gasteiger partial charge in [0.2, 0.25) is 0 Å². The molecule has 0 unspecified atom stereocenters. The van der Waals surface area contributed by atoms with Crippen molar-refractivity contribution in [2.75, 3.05) is 5.32 Å². The Bertz CT molecular complexity index is 647. The zero-order chi connectivity index (χ0) is 14.0. The zero-order valence-corrected chi connectivity index (χ0v) is 9.32. The van der Waals surface area contributed by atoms with E-state index >= 15 is 0 Å². The third kappa shape index (κ3) is 2.82. The quantitative estimate of drug-likeness (QED) is 0.822. The molecule has 0 aliphatic heterocycles. The second kappa shape index (κ2) is 4.97. The van der Waals surface area contributed by atoms with Gasteiger partial charge in [0, 0.05) is 18.3 Å². The van der Waals surface area contributed by atoms with Crippen molar-refractivity contribution in [3.8, 4) is 5.75 Å². The Labute approximate surface area is 105 Å². The highest BCUT2D eigenvalue weighted by Gasteiger charge is 2.14. The number of carbonyl (C=O) groups is 1. The highest BCUT2D eigenvalue weighted by molar-refractivity contribution is 6.04. The molecular formula is C12H7F3N2O2. The van der Waals surface area contributed by atoms with Crippen molar-refractivity contribution in [3.05, 3.63) is 53.6 Å². The molecule has 4 nitrogen and oxygen atoms in total. The number of halogens is 3. The van der Waals surface area contributed by atoms with E-state index < -0.39 is 29.0 Å². The number of hydrogen-bond acceptors (Lipinski definition) is 3. The van der Waals surface area contributed by atoms with Crippen molar-refractivity contribution in [1.82, 2.24) is 4.98 Å². The third-order valence-electron chi connectivity index (χ3n) is 2.24. The lowest BCUT2D eigenvalue weighted by atomic mass is 10.2. The molecule has 0 fully saturated rings. The molecule has 2 N–H and O–H groups in total. The number of nitrogens with zero attached hydrogens (tertiary/aromatic N) is 1. The van der Waals surface area contributed by atoms with Gasteiger partial charge < -0.3 is 10.4 Å². The van der Waals surface area contributed by atoms with Gasteiger partial charge in [0.15, 0.2) is 11.6 Å². The first-order valence-electron chi connectivity index (χ1n) is 5.07. The molecule has 0 aliphatic rings. The molecule has 1 heterocycles. The number of aromatic nitrogens is 1. The maximum Gasteiger partial charge on any atom is 0.257 e. The number of amides is 1. The van der Waals surface area contributed by atoms with Crippen LogP contribution in [0.4, 0.5) is 18.9 Å². The van der Waals surface area contributed by atoms with Crippen LogP contribution < -0.4 is 5.32 Å². The minimum absolute atomic E-state index is 0.0517. The van der Waals surface area contributed by atoms with Crippen LogP contribution in [0.1, 0.15) is 10.4 Å². The fraction of sp³-hybridized carbons (Fsp3) is 0. The fourth-order valence-electron chi connectivity index (χ4n) is 1.36. The van der Waals surface area contributed by atoms with E-state index in [1.807, 2.05) is 0 Å². The van der Waals surface area contributed by atoms with Crippen molar-refractivity contribution < 1.29 is 23.1 Å². The van der Waals surface area contributed by atoms with Gasteiger partial charge in [-0.05, 0) is 6.07 Å². The Morgan fingerprint density at radius 3 is 2.42 bits per heavy atom. The molecule has 0 radical (unpaired) electrons. The Morgan fingerprint density at radius 1 is 1.05 bits per heavy atom. The summed E-state index contributed by atoms with van der Waals surface area (Å²) in [6.07, 6.45) is 2.24. The molecule has 7 heteroatoms. The number of anilines is 1. The molecule has 2 rings (SSSR count). The van der Waals surface area contributed by atoms with Crippen molar-refractivity contribution >= 4 is 11.6 Å². The second-order valence-electron chi connectivity index (χ2n) is 3.63. The third-order valence-corrected chi connectivity index (χ3v) is 2.24. The SMILES string of the molecule is O=C(Nc1cc(F)c(F)cc1F)c1cncc(O)c1. The van der Waals surface area contributed by atoms with Crippen LogP contribution >= 0.6 is 0 Å². The number of hydrogen-bond donors (Lipinski definition) is 2. The van der Waals surface area contributed by atoms with E-state index in [1.54, 1.807) is 0 Å². The first kappa shape index (κ1) is 12.9. The lowest BCUT2D eigenvalue weighted by Crippen LogP contribution is -2.13. The van der Waals surface area contributed by atoms with E-state index in [2.05, 4.69) is 10.3 Å². The van der Waals surface area contributed by atoms with Crippen molar-refractivity contribution in [3.63, 3.8) is 0 Å². The molecule has 1 aromatic heterocycles. The van der Waals surface area contributed by atoms with Crippen LogP contribution in [-0.2, 0) is 0 Å². The normalized spacial score (nSPS) is 10.3. The molecule has 0 saturated carbocycles. The summed E-state index contributed by atoms with van der Waals surface area (Å²) < 4.78 is 38.9. The van der Waals surface area contributed by atoms with Gasteiger partial charge in [-0.15, -0.1) is 0 Å². The van der Waals surface area contributed by atoms with E-state index in [1.165, 1.54) is 0 Å². The first-order valence-corrected chi connectivity index (χ1v) is 5.07. The van der Waals surface area contributed by atoms with Crippen LogP contribution in [-0.4, -0.2) is 16.0 Å². The number of aromatic hydroxyl groups is 1. The Morgan fingerprint density at radius 2 is 1.74 bits per heavy atom. The van der Waals surface area contributed by atoms with Crippen LogP contribution in [0.15, 0.2) is 30.6 Å². The summed E-state index contributed by atoms with van der Waals surface area (Å²) in [6, 6.07) is 1.95. The lowest BCUT2D eigenvalue weighted by Gasteiger charge is -2.07. The maximum atomic E-state index is 13.3. The minimum Gasteiger partial charge on any atom is -0.506 e. The summed E-state index contributed by atoms with van der Waals surface area (Å²) in [6.45, 7) is 0. The van der Waals surface area contributed by atoms with Crippen LogP contribution in [0.5, 0.6) is 5.75 Å². The van der Waals surface area contributed by atoms with E-state index in [0.717, 1.165) is 18.5 Å². The van der Waals surface area contributed by atoms with Gasteiger partial charge in [0.05, 0.1) is 17.4 Å². The first-order chi connectivity index (χ1) is 8.97. The molecule has 0 aliphatic carbocycles. The fourth-order valence-corrected chi connectivity index (χ4v) is 1.36. The van der Waals surface area contributed by atoms with E-state index in [9.17, 15) is 18.0 Å². The van der Waals surface area contributed by atoms with E-state index in [4.69, 9.17) is 5.11 Å². The number of carbonyl (C=O) groups excluding carboxylic acids is 1. The summed E-state index contributed by atoms with van der Waals surface area (Å²) in [5.41, 5.74) is -0.559. The van der Waals surface area contributed by atoms with Crippen molar-refractivity contribution in [1.29, 1.82) is 0 Å². The smallest absolute Gasteiger partial charge is 0.257 e. The van der Waals surface area contributed by atoms with Crippen LogP contribution in [0, 0.1) is 17.5 Å². The maximum absolute atomic E-state index is 13.3. The summed E-state index contributed by atoms with van der Waals surface area (Å²) >= 11 is 0. The number of rotatable bonds is 2. The molecule has 2 aromatic rings. The minimum atomic E-state index is -1.35. The van der Waals surface area contributed by atoms with Gasteiger partial charge in [-0.3, -0.25) is 9.78 Å². The Kier molecular flexibility index (Phi) is 3.37. The topological polar surface area (TPSA) is 62.2 Å². The zero-order valence-electron chi connectivity index (χ0n) is 9.32. The number of pyridine rings is 1. The predicted molar refractivity (Wildman–Crippen MR) is 60.2 cm³/mol. The molecule has 0 spiro atoms. The summed E-state index contributed by atoms with van der Waals surface area (Å²) in [4.78, 5) is 15.2. The monoisotopic (exact) mass is 268 g/mol. The predicted octanol–water partition coefficient (Wildman–Crippen LogP) is 2.46. The summed E-state index contributed by atoms with van der Waals surface area (Å²) in [5, 5.41) is 11.2. The van der Waals surface area contributed by atoms with Crippen LogP contribution in [0.3, 0.4) is 0 Å². The van der Waals surface area contributed by atoms with Gasteiger partial charge >= 0.3 is 0 Å². The Balaban J connectivity index is 2.27. The van der Waals surface area contributed by atoms with Crippen LogP contribution in [0.25, 0.3) is 0 Å². The second-order valence-corrected chi connectivity index (χ2v) is 3.63. The highest BCUT2D eigenvalue weighted by atomic mass is 19.2. The molecule has 0 saturated heterocycles. The lowest BCUT2D eigenvalue weighted by molar-refractivity contribution is 0.102. The Hall–Kier alpha value is -2.57. The molecule has 19 heavy (non-hydrogen) atoms. The highest BCUT2D eigenvalue weighted by Crippen LogP contribution is 2.19. The number of benzene rings is 1. The largest absolute Gasteiger partial charge is 0.506 e. The molecule has 98 valence electrons. The number of nitrogens with one attached hydrogen (secondary N) is 1. The molecular weight excluding hydrogens is 261 g/mol. The van der Waals surface area contributed by atoms with Crippen molar-refractivity contribution in [2.24, 2.45) is 0 Å². The van der Waals surface area contributed by atoms with Gasteiger partial charge in [-0.1, -0.05) is 0 Å². The van der Waals surface area contributed by atoms with Gasteiger partial charge in [0.1, 0.15) is 11.6 Å². The van der Waals surface area contributed by atoms with Crippen LogP contribution in [0.2, 0.25) is 0 Å². The molecule has 0 bridgehead atoms. The summed E-state index contributed by atoms with van der Waals surface area (Å²) in [5.74, 6) is -4.81. The molecule has 0 atom stereocenters. The molecule has 1 amide bonds. The van der Waals surface area contributed by atoms with E-state index in [-0.39, 0.29) is 11.3 Å². The summed E-state index contributed by atoms with van der Waals surface area (Å²) in [7, 11) is 0. The van der Waals surface area contributed by atoms with Crippen molar-refractivity contribution in [2.45, 2.75) is 0 Å². The van der Waals surface area contributed by atoms with E-state index in [0.29, 0.717) is 12.1 Å². The average Bonchev–Trinajstić information content (AvgIpc) is 2.36. The standard InChI is InChI=1S/C12H7F3N2O2/c13-8-2-10(15)11(3-9(8)14)17-12(19)6-1-7(18)5-16-4-6/h1-5,18H,(H,17,19). The van der Waals surface area contributed by atoms with Gasteiger partial charge in [0.25, 0.3) is 5.91 Å². The van der Waals surface area contributed by atoms with Gasteiger partial charge in [-0.25, -0.2) is 13.2 Å². The molecule has 1 aromatic carbocycles. The van der Waals surface area contributed by atoms with Gasteiger partial charge in [-0.2, -0.15) is 0 Å².